The lowest BCUT2D eigenvalue weighted by molar-refractivity contribution is -0.114. The lowest BCUT2D eigenvalue weighted by Gasteiger charge is -2.41. The first-order valence-electron chi connectivity index (χ1n) is 16.6. The molecular weight excluding hydrogens is 655 g/mol. The molecule has 3 aromatic carbocycles. The second kappa shape index (κ2) is 14.9. The molecule has 1 aliphatic heterocycles. The van der Waals surface area contributed by atoms with Gasteiger partial charge in [0.15, 0.2) is 14.5 Å². The Morgan fingerprint density at radius 1 is 0.900 bits per heavy atom. The highest BCUT2D eigenvalue weighted by molar-refractivity contribution is 6.74. The van der Waals surface area contributed by atoms with Crippen LogP contribution in [0.15, 0.2) is 95.9 Å². The summed E-state index contributed by atoms with van der Waals surface area (Å²) < 4.78 is 32.7. The number of anilines is 1. The lowest BCUT2D eigenvalue weighted by atomic mass is 9.80. The number of carbonyl (C=O) groups is 1. The molecule has 2 heterocycles. The molecule has 0 saturated carbocycles. The van der Waals surface area contributed by atoms with Crippen molar-refractivity contribution in [3.63, 3.8) is 0 Å². The third kappa shape index (κ3) is 7.54. The highest BCUT2D eigenvalue weighted by atomic mass is 28.4. The van der Waals surface area contributed by atoms with Crippen molar-refractivity contribution < 1.29 is 33.3 Å². The number of aliphatic hydroxyl groups is 1. The van der Waals surface area contributed by atoms with Crippen molar-refractivity contribution in [1.82, 2.24) is 9.55 Å². The SMILES string of the molecule is COc1ccc(C(OCC2OC(n3ccc(NC(C)=O)nc3=O)C(O)[C@@H]2O[Si](C)(C)C(C)(C)C)(c2ccccc2)c2ccc(OC)cc2)cc1. The van der Waals surface area contributed by atoms with E-state index in [2.05, 4.69) is 44.2 Å². The van der Waals surface area contributed by atoms with Crippen molar-refractivity contribution in [2.75, 3.05) is 26.1 Å². The molecular formula is C38H47N3O8Si. The van der Waals surface area contributed by atoms with Gasteiger partial charge in [0, 0.05) is 13.1 Å². The molecule has 0 aliphatic carbocycles. The van der Waals surface area contributed by atoms with Gasteiger partial charge in [0.1, 0.15) is 41.2 Å². The van der Waals surface area contributed by atoms with Crippen molar-refractivity contribution in [3.8, 4) is 11.5 Å². The van der Waals surface area contributed by atoms with Crippen LogP contribution in [0, 0.1) is 0 Å². The van der Waals surface area contributed by atoms with E-state index in [0.717, 1.165) is 16.7 Å². The highest BCUT2D eigenvalue weighted by Gasteiger charge is 2.51. The first-order chi connectivity index (χ1) is 23.7. The summed E-state index contributed by atoms with van der Waals surface area (Å²) in [6, 6.07) is 26.8. The summed E-state index contributed by atoms with van der Waals surface area (Å²) in [7, 11) is 0.754. The van der Waals surface area contributed by atoms with Crippen LogP contribution in [-0.2, 0) is 24.3 Å². The highest BCUT2D eigenvalue weighted by Crippen LogP contribution is 2.45. The van der Waals surface area contributed by atoms with E-state index in [1.165, 1.54) is 23.8 Å². The molecule has 1 aliphatic rings. The number of rotatable bonds is 12. The lowest BCUT2D eigenvalue weighted by Crippen LogP contribution is -2.50. The molecule has 266 valence electrons. The third-order valence-corrected chi connectivity index (χ3v) is 14.1. The second-order valence-electron chi connectivity index (χ2n) is 13.9. The number of nitrogens with one attached hydrogen (secondary N) is 1. The number of carbonyl (C=O) groups excluding carboxylic acids is 1. The van der Waals surface area contributed by atoms with Gasteiger partial charge < -0.3 is 33.8 Å². The number of methoxy groups -OCH3 is 2. The van der Waals surface area contributed by atoms with Crippen molar-refractivity contribution >= 4 is 20.0 Å². The van der Waals surface area contributed by atoms with Crippen LogP contribution in [0.2, 0.25) is 18.1 Å². The topological polar surface area (TPSA) is 130 Å². The van der Waals surface area contributed by atoms with Gasteiger partial charge in [-0.1, -0.05) is 75.4 Å². The van der Waals surface area contributed by atoms with Crippen LogP contribution in [0.25, 0.3) is 0 Å². The van der Waals surface area contributed by atoms with Gasteiger partial charge >= 0.3 is 5.69 Å². The Hall–Kier alpha value is -4.33. The summed E-state index contributed by atoms with van der Waals surface area (Å²) in [6.07, 6.45) is -2.56. The molecule has 4 atom stereocenters. The molecule has 0 spiro atoms. The molecule has 5 rings (SSSR count). The fourth-order valence-corrected chi connectivity index (χ4v) is 7.21. The molecule has 50 heavy (non-hydrogen) atoms. The van der Waals surface area contributed by atoms with Crippen LogP contribution < -0.4 is 20.5 Å². The average molecular weight is 702 g/mol. The quantitative estimate of drug-likeness (QED) is 0.138. The van der Waals surface area contributed by atoms with Crippen molar-refractivity contribution in [2.45, 2.75) is 76.0 Å². The van der Waals surface area contributed by atoms with E-state index in [-0.39, 0.29) is 23.4 Å². The standard InChI is InChI=1S/C38H47N3O8Si/c1-25(42)39-32-22-23-41(36(44)40-32)35-33(43)34(49-50(7,8)37(2,3)4)31(48-35)24-47-38(26-12-10-9-11-13-26,27-14-18-29(45-5)19-15-27)28-16-20-30(46-6)21-17-28/h9-23,31,33-35,43H,24H2,1-8H3,(H,39,40,42,44)/t31?,33?,34-,35?/m1/s1. The molecule has 1 aromatic heterocycles. The van der Waals surface area contributed by atoms with Gasteiger partial charge in [-0.05, 0) is 65.2 Å². The third-order valence-electron chi connectivity index (χ3n) is 9.59. The Morgan fingerprint density at radius 2 is 1.44 bits per heavy atom. The second-order valence-corrected chi connectivity index (χ2v) is 18.7. The molecule has 12 heteroatoms. The van der Waals surface area contributed by atoms with E-state index in [1.807, 2.05) is 78.9 Å². The maximum absolute atomic E-state index is 13.2. The fourth-order valence-electron chi connectivity index (χ4n) is 5.88. The van der Waals surface area contributed by atoms with Crippen LogP contribution in [-0.4, -0.2) is 68.0 Å². The molecule has 1 saturated heterocycles. The number of nitrogens with zero attached hydrogens (tertiary/aromatic N) is 2. The van der Waals surface area contributed by atoms with Gasteiger partial charge in [-0.2, -0.15) is 4.98 Å². The number of benzene rings is 3. The van der Waals surface area contributed by atoms with Crippen LogP contribution in [0.1, 0.15) is 50.6 Å². The van der Waals surface area contributed by atoms with E-state index < -0.39 is 44.1 Å². The number of amides is 1. The smallest absolute Gasteiger partial charge is 0.351 e. The molecule has 2 N–H and O–H groups in total. The number of ether oxygens (including phenoxy) is 4. The van der Waals surface area contributed by atoms with Gasteiger partial charge in [-0.3, -0.25) is 9.36 Å². The van der Waals surface area contributed by atoms with E-state index in [4.69, 9.17) is 23.4 Å². The summed E-state index contributed by atoms with van der Waals surface area (Å²) in [5, 5.41) is 14.2. The normalized spacial score (nSPS) is 19.6. The van der Waals surface area contributed by atoms with Crippen LogP contribution in [0.5, 0.6) is 11.5 Å². The number of hydrogen-bond acceptors (Lipinski definition) is 9. The summed E-state index contributed by atoms with van der Waals surface area (Å²) in [5.74, 6) is 1.14. The van der Waals surface area contributed by atoms with Crippen molar-refractivity contribution in [3.05, 3.63) is 118 Å². The summed E-state index contributed by atoms with van der Waals surface area (Å²) in [4.78, 5) is 28.8. The minimum atomic E-state index is -2.49. The van der Waals surface area contributed by atoms with E-state index in [1.54, 1.807) is 14.2 Å². The van der Waals surface area contributed by atoms with E-state index in [0.29, 0.717) is 11.5 Å². The molecule has 4 aromatic rings. The van der Waals surface area contributed by atoms with Gasteiger partial charge in [0.05, 0.1) is 20.8 Å². The average Bonchev–Trinajstić information content (AvgIpc) is 3.38. The first-order valence-corrected chi connectivity index (χ1v) is 19.5. The molecule has 3 unspecified atom stereocenters. The Morgan fingerprint density at radius 3 is 1.92 bits per heavy atom. The van der Waals surface area contributed by atoms with Crippen LogP contribution in [0.4, 0.5) is 5.82 Å². The van der Waals surface area contributed by atoms with Crippen molar-refractivity contribution in [2.24, 2.45) is 0 Å². The summed E-state index contributed by atoms with van der Waals surface area (Å²) >= 11 is 0. The van der Waals surface area contributed by atoms with E-state index >= 15 is 0 Å². The number of aliphatic hydroxyl groups excluding tert-OH is 1. The number of hydrogen-bond donors (Lipinski definition) is 2. The Balaban J connectivity index is 1.60. The summed E-state index contributed by atoms with van der Waals surface area (Å²) in [6.45, 7) is 11.9. The largest absolute Gasteiger partial charge is 0.497 e. The minimum Gasteiger partial charge on any atom is -0.497 e. The zero-order chi connectivity index (χ0) is 36.3. The monoisotopic (exact) mass is 701 g/mol. The summed E-state index contributed by atoms with van der Waals surface area (Å²) in [5.41, 5.74) is 0.692. The zero-order valence-electron chi connectivity index (χ0n) is 29.9. The molecule has 0 radical (unpaired) electrons. The predicted molar refractivity (Wildman–Crippen MR) is 193 cm³/mol. The van der Waals surface area contributed by atoms with Gasteiger partial charge in [-0.15, -0.1) is 0 Å². The van der Waals surface area contributed by atoms with Gasteiger partial charge in [0.25, 0.3) is 0 Å². The van der Waals surface area contributed by atoms with Crippen LogP contribution in [0.3, 0.4) is 0 Å². The zero-order valence-corrected chi connectivity index (χ0v) is 30.9. The van der Waals surface area contributed by atoms with Crippen LogP contribution >= 0.6 is 0 Å². The first kappa shape index (κ1) is 36.9. The predicted octanol–water partition coefficient (Wildman–Crippen LogP) is 5.88. The fraction of sp³-hybridized carbons (Fsp3) is 0.395. The number of aromatic nitrogens is 2. The molecule has 1 fully saturated rings. The van der Waals surface area contributed by atoms with Gasteiger partial charge in [0.2, 0.25) is 5.91 Å². The van der Waals surface area contributed by atoms with Crippen molar-refractivity contribution in [1.29, 1.82) is 0 Å². The Bertz CT molecular complexity index is 1760. The Kier molecular flexibility index (Phi) is 11.0. The van der Waals surface area contributed by atoms with E-state index in [9.17, 15) is 14.7 Å². The molecule has 0 bridgehead atoms. The maximum Gasteiger partial charge on any atom is 0.351 e. The molecule has 11 nitrogen and oxygen atoms in total. The Labute approximate surface area is 294 Å². The minimum absolute atomic E-state index is 0.0219. The maximum atomic E-state index is 13.2. The molecule has 1 amide bonds. The van der Waals surface area contributed by atoms with Gasteiger partial charge in [-0.25, -0.2) is 4.79 Å².